The first-order chi connectivity index (χ1) is 14.7. The number of aromatic nitrogens is 3. The number of carbonyl (C=O) groups is 1. The van der Waals surface area contributed by atoms with Gasteiger partial charge in [0.25, 0.3) is 0 Å². The van der Waals surface area contributed by atoms with Gasteiger partial charge >= 0.3 is 5.97 Å². The normalized spacial score (nSPS) is 14.0. The van der Waals surface area contributed by atoms with Gasteiger partial charge in [0.05, 0.1) is 24.5 Å². The van der Waals surface area contributed by atoms with Crippen LogP contribution in [0, 0.1) is 6.92 Å². The van der Waals surface area contributed by atoms with E-state index in [-0.39, 0.29) is 5.97 Å². The number of hydrogen-bond acceptors (Lipinski definition) is 7. The van der Waals surface area contributed by atoms with Crippen molar-refractivity contribution in [1.29, 1.82) is 0 Å². The molecule has 8 heteroatoms. The second-order valence-electron chi connectivity index (χ2n) is 6.85. The molecule has 0 amide bonds. The Morgan fingerprint density at radius 3 is 2.57 bits per heavy atom. The predicted octanol–water partition coefficient (Wildman–Crippen LogP) is 3.36. The second-order valence-corrected chi connectivity index (χ2v) is 7.92. The number of benzene rings is 2. The molecule has 1 aliphatic heterocycles. The molecule has 0 spiro atoms. The molecule has 156 valence electrons. The molecule has 1 aromatic heterocycles. The zero-order valence-corrected chi connectivity index (χ0v) is 17.7. The summed E-state index contributed by atoms with van der Waals surface area (Å²) in [6, 6.07) is 17.2. The maximum atomic E-state index is 12.1. The highest BCUT2D eigenvalue weighted by molar-refractivity contribution is 7.99. The summed E-state index contributed by atoms with van der Waals surface area (Å²) in [5.41, 5.74) is 2.75. The molecule has 1 saturated heterocycles. The van der Waals surface area contributed by atoms with Crippen LogP contribution in [-0.2, 0) is 9.47 Å². The Morgan fingerprint density at radius 1 is 1.07 bits per heavy atom. The molecular formula is C22H24N4O3S. The zero-order valence-electron chi connectivity index (χ0n) is 16.9. The first-order valence-electron chi connectivity index (χ1n) is 9.93. The maximum Gasteiger partial charge on any atom is 0.338 e. The lowest BCUT2D eigenvalue weighted by Gasteiger charge is -2.28. The fourth-order valence-corrected chi connectivity index (χ4v) is 4.03. The van der Waals surface area contributed by atoms with Gasteiger partial charge in [-0.15, -0.1) is 10.2 Å². The molecule has 0 unspecified atom stereocenters. The van der Waals surface area contributed by atoms with Gasteiger partial charge in [-0.2, -0.15) is 0 Å². The zero-order chi connectivity index (χ0) is 20.8. The average molecular weight is 425 g/mol. The molecule has 2 heterocycles. The summed E-state index contributed by atoms with van der Waals surface area (Å²) >= 11 is 1.53. The van der Waals surface area contributed by atoms with Gasteiger partial charge < -0.3 is 14.4 Å². The number of morpholine rings is 1. The summed E-state index contributed by atoms with van der Waals surface area (Å²) in [5.74, 6) is 1.09. The maximum absolute atomic E-state index is 12.1. The van der Waals surface area contributed by atoms with Crippen molar-refractivity contribution in [2.24, 2.45) is 0 Å². The summed E-state index contributed by atoms with van der Waals surface area (Å²) in [6.45, 7) is 5.30. The van der Waals surface area contributed by atoms with Gasteiger partial charge in [-0.25, -0.2) is 4.79 Å². The largest absolute Gasteiger partial charge is 0.461 e. The van der Waals surface area contributed by atoms with E-state index in [0.717, 1.165) is 35.4 Å². The molecule has 1 aliphatic rings. The Balaban J connectivity index is 1.48. The van der Waals surface area contributed by atoms with Crippen LogP contribution in [0.1, 0.15) is 15.9 Å². The number of hydrogen-bond donors (Lipinski definition) is 0. The summed E-state index contributed by atoms with van der Waals surface area (Å²) in [4.78, 5) is 14.3. The molecule has 2 aromatic carbocycles. The molecule has 7 nitrogen and oxygen atoms in total. The van der Waals surface area contributed by atoms with Crippen LogP contribution in [0.3, 0.4) is 0 Å². The van der Waals surface area contributed by atoms with Gasteiger partial charge in [-0.1, -0.05) is 48.2 Å². The lowest BCUT2D eigenvalue weighted by molar-refractivity contribution is 0.0530. The number of esters is 1. The first kappa shape index (κ1) is 20.4. The van der Waals surface area contributed by atoms with E-state index in [4.69, 9.17) is 9.47 Å². The molecule has 0 saturated carbocycles. The fourth-order valence-electron chi connectivity index (χ4n) is 3.27. The van der Waals surface area contributed by atoms with Crippen LogP contribution in [0.4, 0.5) is 5.95 Å². The lowest BCUT2D eigenvalue weighted by Crippen LogP contribution is -2.38. The predicted molar refractivity (Wildman–Crippen MR) is 117 cm³/mol. The summed E-state index contributed by atoms with van der Waals surface area (Å²) in [7, 11) is 0. The highest BCUT2D eigenvalue weighted by Crippen LogP contribution is 2.28. The number of thioether (sulfide) groups is 1. The topological polar surface area (TPSA) is 69.5 Å². The van der Waals surface area contributed by atoms with E-state index in [1.54, 1.807) is 12.1 Å². The van der Waals surface area contributed by atoms with Gasteiger partial charge in [0.1, 0.15) is 6.61 Å². The van der Waals surface area contributed by atoms with Crippen LogP contribution in [0.2, 0.25) is 0 Å². The quantitative estimate of drug-likeness (QED) is 0.327. The molecule has 1 fully saturated rings. The third kappa shape index (κ3) is 4.66. The highest BCUT2D eigenvalue weighted by atomic mass is 32.2. The molecule has 3 aromatic rings. The molecule has 0 bridgehead atoms. The molecule has 0 N–H and O–H groups in total. The standard InChI is InChI=1S/C22H24N4O3S/c1-17-7-5-6-10-19(17)26-21(25-11-13-28-14-12-25)23-24-22(26)30-16-15-29-20(27)18-8-3-2-4-9-18/h2-10H,11-16H2,1H3. The Morgan fingerprint density at radius 2 is 1.80 bits per heavy atom. The minimum atomic E-state index is -0.314. The van der Waals surface area contributed by atoms with Gasteiger partial charge in [0.15, 0.2) is 5.16 Å². The van der Waals surface area contributed by atoms with Gasteiger partial charge in [-0.05, 0) is 30.7 Å². The van der Waals surface area contributed by atoms with E-state index in [2.05, 4.69) is 38.7 Å². The van der Waals surface area contributed by atoms with Gasteiger partial charge in [-0.3, -0.25) is 4.57 Å². The van der Waals surface area contributed by atoms with Crippen LogP contribution in [0.15, 0.2) is 59.8 Å². The van der Waals surface area contributed by atoms with Gasteiger partial charge in [0, 0.05) is 18.8 Å². The van der Waals surface area contributed by atoms with Crippen molar-refractivity contribution in [2.45, 2.75) is 12.1 Å². The molecule has 0 aliphatic carbocycles. The van der Waals surface area contributed by atoms with Crippen LogP contribution in [-0.4, -0.2) is 59.4 Å². The lowest BCUT2D eigenvalue weighted by atomic mass is 10.2. The summed E-state index contributed by atoms with van der Waals surface area (Å²) < 4.78 is 13.0. The smallest absolute Gasteiger partial charge is 0.338 e. The van der Waals surface area contributed by atoms with Crippen molar-refractivity contribution >= 4 is 23.7 Å². The van der Waals surface area contributed by atoms with Crippen LogP contribution in [0.25, 0.3) is 5.69 Å². The number of aryl methyl sites for hydroxylation is 1. The highest BCUT2D eigenvalue weighted by Gasteiger charge is 2.22. The SMILES string of the molecule is Cc1ccccc1-n1c(SCCOC(=O)c2ccccc2)nnc1N1CCOCC1. The van der Waals surface area contributed by atoms with E-state index in [0.29, 0.717) is 31.1 Å². The Hall–Kier alpha value is -2.84. The third-order valence-electron chi connectivity index (χ3n) is 4.82. The van der Waals surface area contributed by atoms with Crippen molar-refractivity contribution in [2.75, 3.05) is 43.6 Å². The first-order valence-corrected chi connectivity index (χ1v) is 10.9. The Bertz CT molecular complexity index is 987. The van der Waals surface area contributed by atoms with E-state index < -0.39 is 0 Å². The molecule has 0 radical (unpaired) electrons. The monoisotopic (exact) mass is 424 g/mol. The van der Waals surface area contributed by atoms with Crippen LogP contribution in [0.5, 0.6) is 0 Å². The minimum Gasteiger partial charge on any atom is -0.461 e. The molecule has 30 heavy (non-hydrogen) atoms. The summed E-state index contributed by atoms with van der Waals surface area (Å²) in [5, 5.41) is 9.69. The van der Waals surface area contributed by atoms with E-state index >= 15 is 0 Å². The molecular weight excluding hydrogens is 400 g/mol. The van der Waals surface area contributed by atoms with E-state index in [1.807, 2.05) is 30.3 Å². The second kappa shape index (κ2) is 9.77. The fraction of sp³-hybridized carbons (Fsp3) is 0.318. The molecule has 4 rings (SSSR count). The van der Waals surface area contributed by atoms with Crippen LogP contribution >= 0.6 is 11.8 Å². The minimum absolute atomic E-state index is 0.298. The van der Waals surface area contributed by atoms with Crippen LogP contribution < -0.4 is 4.90 Å². The van der Waals surface area contributed by atoms with Crippen molar-refractivity contribution in [3.63, 3.8) is 0 Å². The third-order valence-corrected chi connectivity index (χ3v) is 5.72. The number of para-hydroxylation sites is 1. The molecule has 0 atom stereocenters. The van der Waals surface area contributed by atoms with Crippen molar-refractivity contribution < 1.29 is 14.3 Å². The number of nitrogens with zero attached hydrogens (tertiary/aromatic N) is 4. The van der Waals surface area contributed by atoms with E-state index in [9.17, 15) is 4.79 Å². The van der Waals surface area contributed by atoms with Crippen molar-refractivity contribution in [3.8, 4) is 5.69 Å². The van der Waals surface area contributed by atoms with Crippen molar-refractivity contribution in [3.05, 3.63) is 65.7 Å². The van der Waals surface area contributed by atoms with Gasteiger partial charge in [0.2, 0.25) is 5.95 Å². The Labute approximate surface area is 180 Å². The number of anilines is 1. The number of carbonyl (C=O) groups excluding carboxylic acids is 1. The number of ether oxygens (including phenoxy) is 2. The van der Waals surface area contributed by atoms with Crippen molar-refractivity contribution in [1.82, 2.24) is 14.8 Å². The number of rotatable bonds is 7. The Kier molecular flexibility index (Phi) is 6.66. The summed E-state index contributed by atoms with van der Waals surface area (Å²) in [6.07, 6.45) is 0. The average Bonchev–Trinajstić information content (AvgIpc) is 3.21. The van der Waals surface area contributed by atoms with E-state index in [1.165, 1.54) is 11.8 Å².